The molecule has 3 N–H and O–H groups in total. The molecule has 0 spiro atoms. The number of carbonyl (C=O) groups excluding carboxylic acids is 2. The monoisotopic (exact) mass is 441 g/mol. The van der Waals surface area contributed by atoms with E-state index in [1.54, 1.807) is 17.0 Å². The van der Waals surface area contributed by atoms with Gasteiger partial charge in [-0.2, -0.15) is 0 Å². The van der Waals surface area contributed by atoms with Gasteiger partial charge >= 0.3 is 6.09 Å². The molecule has 0 bridgehead atoms. The zero-order chi connectivity index (χ0) is 22.8. The van der Waals surface area contributed by atoms with Gasteiger partial charge in [-0.3, -0.25) is 4.79 Å². The molecule has 0 aliphatic carbocycles. The van der Waals surface area contributed by atoms with Crippen LogP contribution in [-0.2, 0) is 11.3 Å². The highest BCUT2D eigenvalue weighted by molar-refractivity contribution is 6.02. The van der Waals surface area contributed by atoms with E-state index in [0.717, 1.165) is 30.9 Å². The van der Waals surface area contributed by atoms with Gasteiger partial charge in [0.25, 0.3) is 5.91 Å². The molecule has 1 aromatic carbocycles. The highest BCUT2D eigenvalue weighted by Gasteiger charge is 2.24. The molecule has 172 valence electrons. The molecule has 0 atom stereocenters. The van der Waals surface area contributed by atoms with Crippen LogP contribution >= 0.6 is 0 Å². The second-order valence-electron chi connectivity index (χ2n) is 7.43. The molecular formula is C23H31N5O4. The lowest BCUT2D eigenvalue weighted by Gasteiger charge is -2.32. The molecule has 9 heteroatoms. The Morgan fingerprint density at radius 1 is 1.16 bits per heavy atom. The number of benzene rings is 1. The van der Waals surface area contributed by atoms with Crippen molar-refractivity contribution in [3.05, 3.63) is 54.0 Å². The third-order valence-corrected chi connectivity index (χ3v) is 5.08. The van der Waals surface area contributed by atoms with E-state index in [1.807, 2.05) is 38.1 Å². The van der Waals surface area contributed by atoms with E-state index in [9.17, 15) is 9.59 Å². The van der Waals surface area contributed by atoms with Crippen LogP contribution in [-0.4, -0.2) is 55.1 Å². The fourth-order valence-corrected chi connectivity index (χ4v) is 3.40. The topological polar surface area (TPSA) is 108 Å². The molecule has 32 heavy (non-hydrogen) atoms. The van der Waals surface area contributed by atoms with Crippen molar-refractivity contribution in [1.82, 2.24) is 15.5 Å². The third-order valence-electron chi connectivity index (χ3n) is 5.08. The Labute approximate surface area is 188 Å². The average molecular weight is 442 g/mol. The van der Waals surface area contributed by atoms with Crippen molar-refractivity contribution in [3.63, 3.8) is 0 Å². The molecule has 9 nitrogen and oxygen atoms in total. The van der Waals surface area contributed by atoms with Gasteiger partial charge in [0.15, 0.2) is 11.7 Å². The Morgan fingerprint density at radius 2 is 1.91 bits per heavy atom. The van der Waals surface area contributed by atoms with Gasteiger partial charge < -0.3 is 30.0 Å². The summed E-state index contributed by atoms with van der Waals surface area (Å²) in [5, 5.41) is 9.54. The minimum absolute atomic E-state index is 0.240. The van der Waals surface area contributed by atoms with Crippen molar-refractivity contribution < 1.29 is 18.7 Å². The zero-order valence-corrected chi connectivity index (χ0v) is 18.6. The van der Waals surface area contributed by atoms with Gasteiger partial charge in [-0.25, -0.2) is 9.79 Å². The molecule has 0 unspecified atom stereocenters. The smallest absolute Gasteiger partial charge is 0.409 e. The lowest BCUT2D eigenvalue weighted by Crippen LogP contribution is -2.49. The van der Waals surface area contributed by atoms with Crippen molar-refractivity contribution in [1.29, 1.82) is 0 Å². The SMILES string of the molecule is CCNC(=NCc1ccc(NC(=O)c2ccco2)cc1)NC1CCN(C(=O)OCC)CC1. The predicted molar refractivity (Wildman–Crippen MR) is 123 cm³/mol. The standard InChI is InChI=1S/C23H31N5O4/c1-3-24-22(27-19-11-13-28(14-12-19)23(30)31-4-2)25-16-17-7-9-18(10-8-17)26-21(29)20-6-5-15-32-20/h5-10,15,19H,3-4,11-14,16H2,1-2H3,(H,26,29)(H2,24,25,27). The van der Waals surface area contributed by atoms with Crippen LogP contribution in [0.4, 0.5) is 10.5 Å². The van der Waals surface area contributed by atoms with Gasteiger partial charge in [0, 0.05) is 31.4 Å². The van der Waals surface area contributed by atoms with Crippen molar-refractivity contribution in [2.75, 3.05) is 31.6 Å². The zero-order valence-electron chi connectivity index (χ0n) is 18.6. The number of anilines is 1. The molecule has 1 saturated heterocycles. The molecular weight excluding hydrogens is 410 g/mol. The van der Waals surface area contributed by atoms with E-state index in [4.69, 9.17) is 9.15 Å². The highest BCUT2D eigenvalue weighted by atomic mass is 16.6. The molecule has 1 aromatic heterocycles. The first-order valence-electron chi connectivity index (χ1n) is 11.0. The van der Waals surface area contributed by atoms with Crippen LogP contribution in [0.5, 0.6) is 0 Å². The average Bonchev–Trinajstić information content (AvgIpc) is 3.34. The number of ether oxygens (including phenoxy) is 1. The van der Waals surface area contributed by atoms with E-state index >= 15 is 0 Å². The van der Waals surface area contributed by atoms with E-state index < -0.39 is 0 Å². The van der Waals surface area contributed by atoms with E-state index in [-0.39, 0.29) is 23.8 Å². The van der Waals surface area contributed by atoms with Crippen molar-refractivity contribution in [3.8, 4) is 0 Å². The number of amides is 2. The number of aliphatic imine (C=N–C) groups is 1. The summed E-state index contributed by atoms with van der Waals surface area (Å²) in [6, 6.07) is 11.1. The number of guanidine groups is 1. The maximum atomic E-state index is 12.1. The first-order chi connectivity index (χ1) is 15.6. The highest BCUT2D eigenvalue weighted by Crippen LogP contribution is 2.14. The molecule has 0 radical (unpaired) electrons. The van der Waals surface area contributed by atoms with Crippen LogP contribution < -0.4 is 16.0 Å². The largest absolute Gasteiger partial charge is 0.459 e. The van der Waals surface area contributed by atoms with Crippen LogP contribution in [0.2, 0.25) is 0 Å². The summed E-state index contributed by atoms with van der Waals surface area (Å²) in [5.74, 6) is 0.735. The van der Waals surface area contributed by atoms with Crippen LogP contribution in [0.1, 0.15) is 42.8 Å². The first kappa shape index (κ1) is 23.2. The Hall–Kier alpha value is -3.49. The number of nitrogens with one attached hydrogen (secondary N) is 3. The van der Waals surface area contributed by atoms with Gasteiger partial charge in [0.2, 0.25) is 0 Å². The third kappa shape index (κ3) is 6.76. The number of rotatable bonds is 7. The second kappa shape index (κ2) is 11.8. The van der Waals surface area contributed by atoms with Crippen LogP contribution in [0, 0.1) is 0 Å². The van der Waals surface area contributed by atoms with Crippen molar-refractivity contribution in [2.24, 2.45) is 4.99 Å². The predicted octanol–water partition coefficient (Wildman–Crippen LogP) is 3.21. The Balaban J connectivity index is 1.50. The van der Waals surface area contributed by atoms with Gasteiger partial charge in [-0.15, -0.1) is 0 Å². The van der Waals surface area contributed by atoms with Gasteiger partial charge in [0.1, 0.15) is 0 Å². The lowest BCUT2D eigenvalue weighted by atomic mass is 10.1. The van der Waals surface area contributed by atoms with Crippen molar-refractivity contribution in [2.45, 2.75) is 39.3 Å². The Kier molecular flexibility index (Phi) is 8.53. The molecule has 0 saturated carbocycles. The summed E-state index contributed by atoms with van der Waals surface area (Å²) < 4.78 is 10.2. The van der Waals surface area contributed by atoms with Gasteiger partial charge in [0.05, 0.1) is 19.4 Å². The lowest BCUT2D eigenvalue weighted by molar-refractivity contribution is 0.0961. The summed E-state index contributed by atoms with van der Waals surface area (Å²) >= 11 is 0. The normalized spacial score (nSPS) is 14.7. The molecule has 1 aliphatic rings. The first-order valence-corrected chi connectivity index (χ1v) is 11.0. The summed E-state index contributed by atoms with van der Waals surface area (Å²) in [5.41, 5.74) is 1.72. The molecule has 3 rings (SSSR count). The summed E-state index contributed by atoms with van der Waals surface area (Å²) in [6.45, 7) is 6.83. The molecule has 2 amide bonds. The number of hydrogen-bond acceptors (Lipinski definition) is 5. The maximum Gasteiger partial charge on any atom is 0.409 e. The molecule has 1 fully saturated rings. The fourth-order valence-electron chi connectivity index (χ4n) is 3.40. The second-order valence-corrected chi connectivity index (χ2v) is 7.43. The number of carbonyl (C=O) groups is 2. The summed E-state index contributed by atoms with van der Waals surface area (Å²) in [6.07, 6.45) is 2.91. The minimum Gasteiger partial charge on any atom is -0.459 e. The number of furan rings is 1. The minimum atomic E-state index is -0.284. The quantitative estimate of drug-likeness (QED) is 0.450. The molecule has 1 aliphatic heterocycles. The number of hydrogen-bond donors (Lipinski definition) is 3. The van der Waals surface area contributed by atoms with Gasteiger partial charge in [-0.05, 0) is 56.5 Å². The van der Waals surface area contributed by atoms with E-state index in [2.05, 4.69) is 20.9 Å². The number of likely N-dealkylation sites (tertiary alicyclic amines) is 1. The fraction of sp³-hybridized carbons (Fsp3) is 0.435. The van der Waals surface area contributed by atoms with E-state index in [1.165, 1.54) is 6.26 Å². The Morgan fingerprint density at radius 3 is 2.53 bits per heavy atom. The van der Waals surface area contributed by atoms with Gasteiger partial charge in [-0.1, -0.05) is 12.1 Å². The number of nitrogens with zero attached hydrogens (tertiary/aromatic N) is 2. The number of piperidine rings is 1. The summed E-state index contributed by atoms with van der Waals surface area (Å²) in [4.78, 5) is 30.3. The van der Waals surface area contributed by atoms with Crippen LogP contribution in [0.25, 0.3) is 0 Å². The molecule has 2 aromatic rings. The molecule has 2 heterocycles. The summed E-state index contributed by atoms with van der Waals surface area (Å²) in [7, 11) is 0. The van der Waals surface area contributed by atoms with Crippen LogP contribution in [0.15, 0.2) is 52.1 Å². The van der Waals surface area contributed by atoms with Crippen molar-refractivity contribution >= 4 is 23.6 Å². The van der Waals surface area contributed by atoms with Crippen LogP contribution in [0.3, 0.4) is 0 Å². The van der Waals surface area contributed by atoms with E-state index in [0.29, 0.717) is 31.9 Å². The Bertz CT molecular complexity index is 888. The maximum absolute atomic E-state index is 12.1.